The van der Waals surface area contributed by atoms with Gasteiger partial charge < -0.3 is 4.74 Å². The minimum Gasteiger partial charge on any atom is -0.489 e. The second-order valence-electron chi connectivity index (χ2n) is 4.11. The predicted octanol–water partition coefficient (Wildman–Crippen LogP) is 1.95. The van der Waals surface area contributed by atoms with Gasteiger partial charge in [-0.2, -0.15) is 0 Å². The molecule has 7 nitrogen and oxygen atoms in total. The molecule has 20 heavy (non-hydrogen) atoms. The predicted molar refractivity (Wildman–Crippen MR) is 69.4 cm³/mol. The van der Waals surface area contributed by atoms with E-state index in [1.807, 2.05) is 6.92 Å². The van der Waals surface area contributed by atoms with Crippen LogP contribution < -0.4 is 9.88 Å². The van der Waals surface area contributed by atoms with Crippen LogP contribution in [0.25, 0.3) is 0 Å². The summed E-state index contributed by atoms with van der Waals surface area (Å²) < 4.78 is 41.6. The largest absolute Gasteiger partial charge is 0.489 e. The summed E-state index contributed by atoms with van der Waals surface area (Å²) in [4.78, 5) is 8.98. The maximum Gasteiger partial charge on any atom is 0.274 e. The zero-order valence-electron chi connectivity index (χ0n) is 10.8. The molecule has 0 amide bonds. The van der Waals surface area contributed by atoms with Gasteiger partial charge in [0, 0.05) is 6.07 Å². The quantitative estimate of drug-likeness (QED) is 0.470. The van der Waals surface area contributed by atoms with Gasteiger partial charge in [0.05, 0.1) is 17.6 Å². The molecule has 0 saturated carbocycles. The summed E-state index contributed by atoms with van der Waals surface area (Å²) in [6.07, 6.45) is 2.35. The Hall–Kier alpha value is -1.74. The van der Waals surface area contributed by atoms with E-state index in [1.165, 1.54) is 0 Å². The molecule has 0 saturated heterocycles. The van der Waals surface area contributed by atoms with Gasteiger partial charge in [0.25, 0.3) is 5.69 Å². The van der Waals surface area contributed by atoms with E-state index < -0.39 is 37.1 Å². The minimum atomic E-state index is -4.32. The van der Waals surface area contributed by atoms with Crippen LogP contribution in [0.5, 0.6) is 5.75 Å². The van der Waals surface area contributed by atoms with Crippen LogP contribution in [0.1, 0.15) is 26.2 Å². The molecule has 1 rings (SSSR count). The number of nitrogens with two attached hydrogens (primary N) is 1. The molecule has 112 valence electrons. The number of halogens is 1. The Labute approximate surface area is 115 Å². The molecule has 0 aliphatic heterocycles. The van der Waals surface area contributed by atoms with Crippen LogP contribution in [0.3, 0.4) is 0 Å². The van der Waals surface area contributed by atoms with Crippen LogP contribution in [-0.4, -0.2) is 19.9 Å². The molecule has 0 aliphatic rings. The van der Waals surface area contributed by atoms with E-state index >= 15 is 0 Å². The van der Waals surface area contributed by atoms with E-state index in [4.69, 9.17) is 9.88 Å². The van der Waals surface area contributed by atoms with Crippen molar-refractivity contribution < 1.29 is 22.5 Å². The molecular weight excluding hydrogens is 291 g/mol. The fourth-order valence-corrected chi connectivity index (χ4v) is 2.24. The second-order valence-corrected chi connectivity index (χ2v) is 5.64. The summed E-state index contributed by atoms with van der Waals surface area (Å²) in [5.41, 5.74) is -0.701. The summed E-state index contributed by atoms with van der Waals surface area (Å²) in [6, 6.07) is 1.29. The number of benzene rings is 1. The van der Waals surface area contributed by atoms with E-state index in [9.17, 15) is 22.9 Å². The van der Waals surface area contributed by atoms with E-state index in [0.29, 0.717) is 18.6 Å². The Morgan fingerprint density at radius 2 is 2.05 bits per heavy atom. The number of hydrogen-bond donors (Lipinski definition) is 1. The van der Waals surface area contributed by atoms with E-state index in [0.717, 1.165) is 12.8 Å². The number of unbranched alkanes of at least 4 members (excludes halogenated alkanes) is 2. The monoisotopic (exact) mass is 306 g/mol. The van der Waals surface area contributed by atoms with Crippen molar-refractivity contribution in [2.24, 2.45) is 5.14 Å². The lowest BCUT2D eigenvalue weighted by Crippen LogP contribution is -2.15. The lowest BCUT2D eigenvalue weighted by Gasteiger charge is -2.11. The first-order chi connectivity index (χ1) is 9.27. The molecule has 0 unspecified atom stereocenters. The highest BCUT2D eigenvalue weighted by atomic mass is 32.2. The van der Waals surface area contributed by atoms with Crippen LogP contribution in [0, 0.1) is 15.9 Å². The first-order valence-corrected chi connectivity index (χ1v) is 7.45. The molecule has 0 bridgehead atoms. The number of nitro groups is 1. The summed E-state index contributed by atoms with van der Waals surface area (Å²) in [7, 11) is -4.32. The van der Waals surface area contributed by atoms with Crippen molar-refractivity contribution in [3.8, 4) is 5.75 Å². The molecular formula is C11H15FN2O5S. The number of sulfonamides is 1. The van der Waals surface area contributed by atoms with E-state index in [-0.39, 0.29) is 6.61 Å². The maximum absolute atomic E-state index is 13.8. The SMILES string of the molecule is CCCCCOc1c(F)cc([N+](=O)[O-])cc1S(N)(=O)=O. The fraction of sp³-hybridized carbons (Fsp3) is 0.455. The number of nitro benzene ring substituents is 1. The first kappa shape index (κ1) is 16.3. The van der Waals surface area contributed by atoms with Gasteiger partial charge in [-0.05, 0) is 6.42 Å². The normalized spacial score (nSPS) is 11.3. The van der Waals surface area contributed by atoms with Crippen molar-refractivity contribution in [1.29, 1.82) is 0 Å². The van der Waals surface area contributed by atoms with E-state index in [2.05, 4.69) is 0 Å². The summed E-state index contributed by atoms with van der Waals surface area (Å²) in [5, 5.41) is 15.5. The first-order valence-electron chi connectivity index (χ1n) is 5.91. The molecule has 0 radical (unpaired) electrons. The molecule has 1 aromatic rings. The smallest absolute Gasteiger partial charge is 0.274 e. The van der Waals surface area contributed by atoms with Gasteiger partial charge in [-0.25, -0.2) is 17.9 Å². The standard InChI is InChI=1S/C11H15FN2O5S/c1-2-3-4-5-19-11-9(12)6-8(14(15)16)7-10(11)20(13,17)18/h6-7H,2-5H2,1H3,(H2,13,17,18). The van der Waals surface area contributed by atoms with Crippen LogP contribution in [-0.2, 0) is 10.0 Å². The lowest BCUT2D eigenvalue weighted by atomic mass is 10.2. The number of hydrogen-bond acceptors (Lipinski definition) is 5. The molecule has 9 heteroatoms. The zero-order valence-corrected chi connectivity index (χ0v) is 11.7. The van der Waals surface area contributed by atoms with Gasteiger partial charge in [0.15, 0.2) is 11.6 Å². The maximum atomic E-state index is 13.8. The highest BCUT2D eigenvalue weighted by Crippen LogP contribution is 2.31. The van der Waals surface area contributed by atoms with Crippen LogP contribution in [0.15, 0.2) is 17.0 Å². The Morgan fingerprint density at radius 1 is 1.40 bits per heavy atom. The van der Waals surface area contributed by atoms with Gasteiger partial charge in [-0.3, -0.25) is 10.1 Å². The van der Waals surface area contributed by atoms with Crippen molar-refractivity contribution in [2.75, 3.05) is 6.61 Å². The fourth-order valence-electron chi connectivity index (χ4n) is 1.54. The van der Waals surface area contributed by atoms with Crippen LogP contribution in [0.4, 0.5) is 10.1 Å². The van der Waals surface area contributed by atoms with Crippen molar-refractivity contribution in [2.45, 2.75) is 31.1 Å². The Kier molecular flexibility index (Phi) is 5.40. The number of primary sulfonamides is 1. The van der Waals surface area contributed by atoms with E-state index in [1.54, 1.807) is 0 Å². The van der Waals surface area contributed by atoms with Crippen molar-refractivity contribution >= 4 is 15.7 Å². The van der Waals surface area contributed by atoms with Crippen LogP contribution >= 0.6 is 0 Å². The number of non-ortho nitro benzene ring substituents is 1. The number of rotatable bonds is 7. The molecule has 0 aromatic heterocycles. The summed E-state index contributed by atoms with van der Waals surface area (Å²) in [6.45, 7) is 2.06. The van der Waals surface area contributed by atoms with Crippen molar-refractivity contribution in [3.05, 3.63) is 28.1 Å². The third-order valence-corrected chi connectivity index (χ3v) is 3.42. The highest BCUT2D eigenvalue weighted by molar-refractivity contribution is 7.89. The van der Waals surface area contributed by atoms with Gasteiger partial charge in [-0.15, -0.1) is 0 Å². The average molecular weight is 306 g/mol. The average Bonchev–Trinajstić information content (AvgIpc) is 2.34. The van der Waals surface area contributed by atoms with Crippen LogP contribution in [0.2, 0.25) is 0 Å². The Morgan fingerprint density at radius 3 is 2.55 bits per heavy atom. The molecule has 2 N–H and O–H groups in total. The van der Waals surface area contributed by atoms with Gasteiger partial charge >= 0.3 is 0 Å². The molecule has 0 atom stereocenters. The summed E-state index contributed by atoms with van der Waals surface area (Å²) in [5.74, 6) is -1.70. The van der Waals surface area contributed by atoms with Crippen molar-refractivity contribution in [3.63, 3.8) is 0 Å². The lowest BCUT2D eigenvalue weighted by molar-refractivity contribution is -0.385. The molecule has 0 fully saturated rings. The number of ether oxygens (including phenoxy) is 1. The second kappa shape index (κ2) is 6.62. The third kappa shape index (κ3) is 4.14. The van der Waals surface area contributed by atoms with Gasteiger partial charge in [0.1, 0.15) is 4.90 Å². The topological polar surface area (TPSA) is 113 Å². The Balaban J connectivity index is 3.18. The summed E-state index contributed by atoms with van der Waals surface area (Å²) >= 11 is 0. The highest BCUT2D eigenvalue weighted by Gasteiger charge is 2.24. The number of nitrogens with zero attached hydrogens (tertiary/aromatic N) is 1. The minimum absolute atomic E-state index is 0.102. The molecule has 1 aromatic carbocycles. The molecule has 0 spiro atoms. The van der Waals surface area contributed by atoms with Crippen molar-refractivity contribution in [1.82, 2.24) is 0 Å². The zero-order chi connectivity index (χ0) is 15.3. The van der Waals surface area contributed by atoms with Gasteiger partial charge in [-0.1, -0.05) is 19.8 Å². The Bertz CT molecular complexity index is 603. The van der Waals surface area contributed by atoms with Gasteiger partial charge in [0.2, 0.25) is 10.0 Å². The molecule has 0 heterocycles. The third-order valence-electron chi connectivity index (χ3n) is 2.51. The molecule has 0 aliphatic carbocycles.